The largest absolute Gasteiger partial charge is 0.465 e. The van der Waals surface area contributed by atoms with Crippen molar-refractivity contribution in [3.63, 3.8) is 0 Å². The van der Waals surface area contributed by atoms with Crippen LogP contribution in [-0.2, 0) is 10.2 Å². The summed E-state index contributed by atoms with van der Waals surface area (Å²) in [5.74, 6) is -1.33. The van der Waals surface area contributed by atoms with E-state index in [0.717, 1.165) is 6.07 Å². The monoisotopic (exact) mass is 451 g/mol. The Morgan fingerprint density at radius 2 is 1.87 bits per heavy atom. The van der Waals surface area contributed by atoms with Gasteiger partial charge in [-0.1, -0.05) is 23.7 Å². The maximum atomic E-state index is 13.4. The van der Waals surface area contributed by atoms with Crippen LogP contribution in [0.2, 0.25) is 5.02 Å². The summed E-state index contributed by atoms with van der Waals surface area (Å²) < 4.78 is 18.9. The molecule has 164 valence electrons. The highest BCUT2D eigenvalue weighted by atomic mass is 35.5. The van der Waals surface area contributed by atoms with Crippen molar-refractivity contribution in [2.75, 3.05) is 25.4 Å². The zero-order valence-corrected chi connectivity index (χ0v) is 17.0. The maximum absolute atomic E-state index is 13.4. The number of carbonyl (C=O) groups is 2. The minimum Gasteiger partial charge on any atom is -0.465 e. The highest BCUT2D eigenvalue weighted by Crippen LogP contribution is 2.37. The molecule has 0 saturated carbocycles. The molecule has 0 unspecified atom stereocenters. The molecule has 3 rings (SSSR count). The van der Waals surface area contributed by atoms with Gasteiger partial charge in [0.25, 0.3) is 5.69 Å². The molecule has 2 aromatic rings. The number of nitrogens with zero attached hydrogens (tertiary/aromatic N) is 2. The molecule has 1 saturated heterocycles. The highest BCUT2D eigenvalue weighted by molar-refractivity contribution is 6.31. The number of hydrogen-bond acceptors (Lipinski definition) is 6. The Bertz CT molecular complexity index is 1020. The normalized spacial score (nSPS) is 15.4. The molecule has 0 spiro atoms. The minimum atomic E-state index is -1.05. The summed E-state index contributed by atoms with van der Waals surface area (Å²) in [7, 11) is 0. The fourth-order valence-electron chi connectivity index (χ4n) is 3.65. The SMILES string of the molecule is Nc1c(C(=O)OCC2(c3ccc(F)cc3)CCN(C(=O)O)CC2)cc(Cl)cc1[N+](=O)[O-]. The number of hydrogen-bond donors (Lipinski definition) is 2. The first-order chi connectivity index (χ1) is 14.6. The van der Waals surface area contributed by atoms with Crippen molar-refractivity contribution in [3.8, 4) is 0 Å². The topological polar surface area (TPSA) is 136 Å². The fraction of sp³-hybridized carbons (Fsp3) is 0.300. The van der Waals surface area contributed by atoms with Crippen molar-refractivity contribution in [2.24, 2.45) is 0 Å². The van der Waals surface area contributed by atoms with Gasteiger partial charge in [-0.3, -0.25) is 10.1 Å². The van der Waals surface area contributed by atoms with E-state index in [4.69, 9.17) is 22.1 Å². The second-order valence-corrected chi connectivity index (χ2v) is 7.71. The number of ether oxygens (including phenoxy) is 1. The first-order valence-electron chi connectivity index (χ1n) is 9.27. The molecule has 0 aliphatic carbocycles. The standard InChI is InChI=1S/C20H19ClFN3O6/c21-13-9-15(17(23)16(10-13)25(29)30)18(26)31-11-20(12-1-3-14(22)4-2-12)5-7-24(8-6-20)19(27)28/h1-4,9-10H,5-8,11,23H2,(H,27,28). The molecule has 9 nitrogen and oxygen atoms in total. The van der Waals surface area contributed by atoms with Gasteiger partial charge < -0.3 is 20.5 Å². The van der Waals surface area contributed by atoms with Gasteiger partial charge in [0, 0.05) is 29.6 Å². The average Bonchev–Trinajstić information content (AvgIpc) is 2.74. The molecule has 0 radical (unpaired) electrons. The Kier molecular flexibility index (Phi) is 6.30. The van der Waals surface area contributed by atoms with Gasteiger partial charge in [-0.05, 0) is 36.6 Å². The molecule has 11 heteroatoms. The number of halogens is 2. The lowest BCUT2D eigenvalue weighted by molar-refractivity contribution is -0.383. The number of anilines is 1. The van der Waals surface area contributed by atoms with Gasteiger partial charge in [0.1, 0.15) is 18.1 Å². The number of nitro benzene ring substituents is 1. The third kappa shape index (κ3) is 4.69. The zero-order valence-electron chi connectivity index (χ0n) is 16.2. The molecule has 31 heavy (non-hydrogen) atoms. The number of likely N-dealkylation sites (tertiary alicyclic amines) is 1. The number of nitrogens with two attached hydrogens (primary N) is 1. The third-order valence-electron chi connectivity index (χ3n) is 5.47. The van der Waals surface area contributed by atoms with Crippen molar-refractivity contribution in [1.82, 2.24) is 4.90 Å². The summed E-state index contributed by atoms with van der Waals surface area (Å²) in [5, 5.41) is 20.3. The molecule has 1 fully saturated rings. The summed E-state index contributed by atoms with van der Waals surface area (Å²) in [6.07, 6.45) is -0.379. The molecule has 1 heterocycles. The third-order valence-corrected chi connectivity index (χ3v) is 5.69. The van der Waals surface area contributed by atoms with E-state index >= 15 is 0 Å². The molecule has 1 amide bonds. The van der Waals surface area contributed by atoms with Crippen LogP contribution in [0.25, 0.3) is 0 Å². The summed E-state index contributed by atoms with van der Waals surface area (Å²) in [6.45, 7) is 0.259. The predicted octanol–water partition coefficient (Wildman–Crippen LogP) is 3.84. The van der Waals surface area contributed by atoms with Gasteiger partial charge in [-0.25, -0.2) is 14.0 Å². The molecule has 0 bridgehead atoms. The van der Waals surface area contributed by atoms with Crippen molar-refractivity contribution < 1.29 is 28.7 Å². The smallest absolute Gasteiger partial charge is 0.407 e. The molecular weight excluding hydrogens is 433 g/mol. The van der Waals surface area contributed by atoms with Crippen molar-refractivity contribution >= 4 is 35.0 Å². The molecule has 1 aliphatic heterocycles. The van der Waals surface area contributed by atoms with E-state index in [-0.39, 0.29) is 36.0 Å². The maximum Gasteiger partial charge on any atom is 0.407 e. The number of amides is 1. The molecule has 2 aromatic carbocycles. The summed E-state index contributed by atoms with van der Waals surface area (Å²) in [5.41, 5.74) is 4.58. The van der Waals surface area contributed by atoms with Crippen LogP contribution in [0, 0.1) is 15.9 Å². The van der Waals surface area contributed by atoms with Gasteiger partial charge in [-0.15, -0.1) is 0 Å². The molecule has 1 aliphatic rings. The number of rotatable bonds is 5. The van der Waals surface area contributed by atoms with E-state index in [1.165, 1.54) is 23.1 Å². The predicted molar refractivity (Wildman–Crippen MR) is 110 cm³/mol. The second-order valence-electron chi connectivity index (χ2n) is 7.28. The lowest BCUT2D eigenvalue weighted by Gasteiger charge is -2.40. The molecule has 0 aromatic heterocycles. The van der Waals surface area contributed by atoms with E-state index in [2.05, 4.69) is 0 Å². The highest BCUT2D eigenvalue weighted by Gasteiger charge is 2.39. The van der Waals surface area contributed by atoms with Crippen LogP contribution in [0.15, 0.2) is 36.4 Å². The molecule has 0 atom stereocenters. The summed E-state index contributed by atoms with van der Waals surface area (Å²) >= 11 is 5.88. The van der Waals surface area contributed by atoms with Gasteiger partial charge in [0.15, 0.2) is 0 Å². The quantitative estimate of drug-likeness (QED) is 0.305. The Morgan fingerprint density at radius 1 is 1.26 bits per heavy atom. The van der Waals surface area contributed by atoms with Crippen molar-refractivity contribution in [1.29, 1.82) is 0 Å². The Balaban J connectivity index is 1.86. The van der Waals surface area contributed by atoms with E-state index in [1.807, 2.05) is 0 Å². The lowest BCUT2D eigenvalue weighted by atomic mass is 9.73. The van der Waals surface area contributed by atoms with Crippen LogP contribution >= 0.6 is 11.6 Å². The van der Waals surface area contributed by atoms with Crippen LogP contribution in [0.1, 0.15) is 28.8 Å². The fourth-order valence-corrected chi connectivity index (χ4v) is 3.86. The van der Waals surface area contributed by atoms with Crippen molar-refractivity contribution in [2.45, 2.75) is 18.3 Å². The van der Waals surface area contributed by atoms with E-state index in [9.17, 15) is 29.2 Å². The summed E-state index contributed by atoms with van der Waals surface area (Å²) in [6, 6.07) is 7.91. The van der Waals surface area contributed by atoms with E-state index < -0.39 is 33.9 Å². The van der Waals surface area contributed by atoms with E-state index in [1.54, 1.807) is 12.1 Å². The zero-order chi connectivity index (χ0) is 22.8. The van der Waals surface area contributed by atoms with Gasteiger partial charge in [0.2, 0.25) is 0 Å². The van der Waals surface area contributed by atoms with Crippen LogP contribution in [0.5, 0.6) is 0 Å². The molecular formula is C20H19ClFN3O6. The Morgan fingerprint density at radius 3 is 2.42 bits per heavy atom. The van der Waals surface area contributed by atoms with Crippen LogP contribution in [0.3, 0.4) is 0 Å². The number of carbonyl (C=O) groups excluding carboxylic acids is 1. The first-order valence-corrected chi connectivity index (χ1v) is 9.65. The average molecular weight is 452 g/mol. The number of nitrogen functional groups attached to an aromatic ring is 1. The van der Waals surface area contributed by atoms with Crippen LogP contribution in [-0.4, -0.2) is 46.7 Å². The first kappa shape index (κ1) is 22.3. The van der Waals surface area contributed by atoms with E-state index in [0.29, 0.717) is 18.4 Å². The Labute approximate surface area is 181 Å². The lowest BCUT2D eigenvalue weighted by Crippen LogP contribution is -2.47. The minimum absolute atomic E-state index is 0.0455. The Hall–Kier alpha value is -3.40. The summed E-state index contributed by atoms with van der Waals surface area (Å²) in [4.78, 5) is 35.6. The number of esters is 1. The number of piperidine rings is 1. The van der Waals surface area contributed by atoms with Crippen LogP contribution < -0.4 is 5.73 Å². The van der Waals surface area contributed by atoms with Crippen molar-refractivity contribution in [3.05, 3.63) is 68.5 Å². The molecule has 3 N–H and O–H groups in total. The number of carboxylic acid groups (broad SMARTS) is 1. The van der Waals surface area contributed by atoms with Gasteiger partial charge >= 0.3 is 12.1 Å². The number of nitro groups is 1. The van der Waals surface area contributed by atoms with Crippen LogP contribution in [0.4, 0.5) is 20.6 Å². The van der Waals surface area contributed by atoms with Gasteiger partial charge in [-0.2, -0.15) is 0 Å². The number of benzene rings is 2. The van der Waals surface area contributed by atoms with Gasteiger partial charge in [0.05, 0.1) is 10.5 Å². The second kappa shape index (κ2) is 8.76.